The predicted octanol–water partition coefficient (Wildman–Crippen LogP) is 1.83. The van der Waals surface area contributed by atoms with Gasteiger partial charge >= 0.3 is 5.97 Å². The van der Waals surface area contributed by atoms with Crippen LogP contribution in [0, 0.1) is 17.8 Å². The Bertz CT molecular complexity index is 317. The average Bonchev–Trinajstić information content (AvgIpc) is 3.11. The monoisotopic (exact) mass is 253 g/mol. The minimum atomic E-state index is -0.319. The van der Waals surface area contributed by atoms with Crippen LogP contribution in [0.4, 0.5) is 0 Å². The van der Waals surface area contributed by atoms with E-state index < -0.39 is 0 Å². The largest absolute Gasteiger partial charge is 0.468 e. The molecular weight excluding hydrogens is 230 g/mol. The van der Waals surface area contributed by atoms with Gasteiger partial charge in [-0.25, -0.2) is 0 Å². The molecule has 1 amide bonds. The molecule has 2 aliphatic rings. The van der Waals surface area contributed by atoms with Crippen molar-refractivity contribution in [1.29, 1.82) is 0 Å². The Kier molecular flexibility index (Phi) is 4.25. The predicted molar refractivity (Wildman–Crippen MR) is 67.8 cm³/mol. The first-order valence-corrected chi connectivity index (χ1v) is 7.04. The zero-order chi connectivity index (χ0) is 13.1. The summed E-state index contributed by atoms with van der Waals surface area (Å²) in [4.78, 5) is 25.5. The summed E-state index contributed by atoms with van der Waals surface area (Å²) in [7, 11) is 1.37. The molecule has 0 aromatic rings. The maximum Gasteiger partial charge on any atom is 0.325 e. The van der Waals surface area contributed by atoms with Gasteiger partial charge in [0.05, 0.1) is 7.11 Å². The van der Waals surface area contributed by atoms with Gasteiger partial charge in [-0.3, -0.25) is 9.59 Å². The lowest BCUT2D eigenvalue weighted by Gasteiger charge is -2.21. The van der Waals surface area contributed by atoms with Crippen molar-refractivity contribution in [2.24, 2.45) is 17.8 Å². The molecule has 0 saturated heterocycles. The molecule has 18 heavy (non-hydrogen) atoms. The second-order valence-electron chi connectivity index (χ2n) is 5.47. The number of hydrogen-bond donors (Lipinski definition) is 0. The highest BCUT2D eigenvalue weighted by Crippen LogP contribution is 2.56. The lowest BCUT2D eigenvalue weighted by atomic mass is 10.0. The summed E-state index contributed by atoms with van der Waals surface area (Å²) >= 11 is 0. The number of carbonyl (C=O) groups is 2. The lowest BCUT2D eigenvalue weighted by Crippen LogP contribution is -2.38. The van der Waals surface area contributed by atoms with E-state index in [0.29, 0.717) is 18.4 Å². The molecule has 0 aliphatic heterocycles. The molecule has 2 rings (SSSR count). The molecule has 2 aliphatic carbocycles. The van der Waals surface area contributed by atoms with Crippen LogP contribution in [0.25, 0.3) is 0 Å². The van der Waals surface area contributed by atoms with Crippen LogP contribution in [0.3, 0.4) is 0 Å². The van der Waals surface area contributed by atoms with Crippen LogP contribution in [-0.4, -0.2) is 37.0 Å². The van der Waals surface area contributed by atoms with Crippen LogP contribution >= 0.6 is 0 Å². The Balaban J connectivity index is 1.93. The topological polar surface area (TPSA) is 46.6 Å². The maximum atomic E-state index is 12.4. The van der Waals surface area contributed by atoms with Crippen LogP contribution in [0.5, 0.6) is 0 Å². The third-order valence-corrected chi connectivity index (χ3v) is 4.29. The van der Waals surface area contributed by atoms with E-state index in [1.807, 2.05) is 6.92 Å². The van der Waals surface area contributed by atoms with Crippen molar-refractivity contribution >= 4 is 11.9 Å². The van der Waals surface area contributed by atoms with Gasteiger partial charge in [0.25, 0.3) is 0 Å². The number of methoxy groups -OCH3 is 1. The van der Waals surface area contributed by atoms with Gasteiger partial charge in [0.1, 0.15) is 6.54 Å². The van der Waals surface area contributed by atoms with Gasteiger partial charge < -0.3 is 9.64 Å². The quantitative estimate of drug-likeness (QED) is 0.702. The van der Waals surface area contributed by atoms with Crippen molar-refractivity contribution in [2.45, 2.75) is 39.0 Å². The summed E-state index contributed by atoms with van der Waals surface area (Å²) in [5.41, 5.74) is 0. The second kappa shape index (κ2) is 5.72. The van der Waals surface area contributed by atoms with Crippen molar-refractivity contribution in [2.75, 3.05) is 20.2 Å². The number of carbonyl (C=O) groups excluding carboxylic acids is 2. The number of ether oxygens (including phenoxy) is 1. The van der Waals surface area contributed by atoms with Crippen LogP contribution in [0.15, 0.2) is 0 Å². The summed E-state index contributed by atoms with van der Waals surface area (Å²) < 4.78 is 4.66. The molecule has 0 N–H and O–H groups in total. The van der Waals surface area contributed by atoms with Crippen LogP contribution in [-0.2, 0) is 14.3 Å². The number of rotatable bonds is 5. The number of esters is 1. The Morgan fingerprint density at radius 2 is 1.83 bits per heavy atom. The Labute approximate surface area is 109 Å². The number of hydrogen-bond acceptors (Lipinski definition) is 3. The molecule has 0 aromatic carbocycles. The minimum Gasteiger partial charge on any atom is -0.468 e. The van der Waals surface area contributed by atoms with Gasteiger partial charge in [0, 0.05) is 12.5 Å². The Morgan fingerprint density at radius 3 is 2.33 bits per heavy atom. The first kappa shape index (κ1) is 13.4. The molecule has 4 heteroatoms. The van der Waals surface area contributed by atoms with Gasteiger partial charge in [-0.1, -0.05) is 19.8 Å². The molecule has 102 valence electrons. The number of amides is 1. The third-order valence-electron chi connectivity index (χ3n) is 4.29. The van der Waals surface area contributed by atoms with E-state index in [2.05, 4.69) is 4.74 Å². The normalized spacial score (nSPS) is 29.3. The summed E-state index contributed by atoms with van der Waals surface area (Å²) in [5, 5.41) is 0. The van der Waals surface area contributed by atoms with E-state index in [0.717, 1.165) is 6.42 Å². The summed E-state index contributed by atoms with van der Waals surface area (Å²) in [5.74, 6) is 1.26. The summed E-state index contributed by atoms with van der Waals surface area (Å²) in [6.45, 7) is 2.79. The average molecular weight is 253 g/mol. The van der Waals surface area contributed by atoms with Crippen LogP contribution < -0.4 is 0 Å². The van der Waals surface area contributed by atoms with Crippen LogP contribution in [0.1, 0.15) is 39.0 Å². The molecule has 4 nitrogen and oxygen atoms in total. The standard InChI is InChI=1S/C14H23NO3/c1-3-8-15(9-12(16)18-2)14(17)13-10-6-4-5-7-11(10)13/h10-11,13H,3-9H2,1-2H3. The van der Waals surface area contributed by atoms with E-state index in [9.17, 15) is 9.59 Å². The smallest absolute Gasteiger partial charge is 0.325 e. The number of nitrogens with zero attached hydrogens (tertiary/aromatic N) is 1. The molecule has 0 radical (unpaired) electrons. The highest BCUT2D eigenvalue weighted by atomic mass is 16.5. The molecular formula is C14H23NO3. The molecule has 2 atom stereocenters. The van der Waals surface area contributed by atoms with E-state index in [-0.39, 0.29) is 24.3 Å². The fraction of sp³-hybridized carbons (Fsp3) is 0.857. The van der Waals surface area contributed by atoms with E-state index in [1.165, 1.54) is 32.8 Å². The number of fused-ring (bicyclic) bond motifs is 1. The van der Waals surface area contributed by atoms with E-state index >= 15 is 0 Å². The highest BCUT2D eigenvalue weighted by Gasteiger charge is 2.55. The van der Waals surface area contributed by atoms with Crippen molar-refractivity contribution in [3.05, 3.63) is 0 Å². The Morgan fingerprint density at radius 1 is 1.22 bits per heavy atom. The molecule has 2 saturated carbocycles. The van der Waals surface area contributed by atoms with Crippen molar-refractivity contribution in [1.82, 2.24) is 4.90 Å². The molecule has 0 bridgehead atoms. The van der Waals surface area contributed by atoms with Crippen molar-refractivity contribution in [3.63, 3.8) is 0 Å². The molecule has 2 fully saturated rings. The summed E-state index contributed by atoms with van der Waals surface area (Å²) in [6.07, 6.45) is 5.79. The zero-order valence-corrected chi connectivity index (χ0v) is 11.4. The first-order valence-electron chi connectivity index (χ1n) is 7.04. The van der Waals surface area contributed by atoms with Crippen LogP contribution in [0.2, 0.25) is 0 Å². The zero-order valence-electron chi connectivity index (χ0n) is 11.4. The van der Waals surface area contributed by atoms with Gasteiger partial charge in [-0.05, 0) is 31.1 Å². The van der Waals surface area contributed by atoms with Gasteiger partial charge in [0.2, 0.25) is 5.91 Å². The molecule has 0 aromatic heterocycles. The maximum absolute atomic E-state index is 12.4. The highest BCUT2D eigenvalue weighted by molar-refractivity contribution is 5.86. The molecule has 0 spiro atoms. The van der Waals surface area contributed by atoms with Gasteiger partial charge in [-0.2, -0.15) is 0 Å². The van der Waals surface area contributed by atoms with Gasteiger partial charge in [-0.15, -0.1) is 0 Å². The first-order chi connectivity index (χ1) is 8.69. The molecule has 2 unspecified atom stereocenters. The third kappa shape index (κ3) is 2.68. The molecule has 0 heterocycles. The van der Waals surface area contributed by atoms with Crippen molar-refractivity contribution in [3.8, 4) is 0 Å². The van der Waals surface area contributed by atoms with E-state index in [4.69, 9.17) is 0 Å². The second-order valence-corrected chi connectivity index (χ2v) is 5.47. The van der Waals surface area contributed by atoms with E-state index in [1.54, 1.807) is 4.90 Å². The summed E-state index contributed by atoms with van der Waals surface area (Å²) in [6, 6.07) is 0. The lowest BCUT2D eigenvalue weighted by molar-refractivity contribution is -0.147. The van der Waals surface area contributed by atoms with Gasteiger partial charge in [0.15, 0.2) is 0 Å². The van der Waals surface area contributed by atoms with Crippen molar-refractivity contribution < 1.29 is 14.3 Å². The SMILES string of the molecule is CCCN(CC(=O)OC)C(=O)C1C2CCCCC21. The fourth-order valence-corrected chi connectivity index (χ4v) is 3.33. The minimum absolute atomic E-state index is 0.110. The Hall–Kier alpha value is -1.06. The fourth-order valence-electron chi connectivity index (χ4n) is 3.33.